The summed E-state index contributed by atoms with van der Waals surface area (Å²) in [7, 11) is 0. The van der Waals surface area contributed by atoms with Crippen molar-refractivity contribution in [3.63, 3.8) is 0 Å². The molecule has 15 heavy (non-hydrogen) atoms. The number of anilines is 1. The van der Waals surface area contributed by atoms with E-state index in [4.69, 9.17) is 5.73 Å². The Morgan fingerprint density at radius 1 is 1.47 bits per heavy atom. The van der Waals surface area contributed by atoms with E-state index in [0.29, 0.717) is 5.69 Å². The predicted molar refractivity (Wildman–Crippen MR) is 61.3 cm³/mol. The molecule has 0 fully saturated rings. The van der Waals surface area contributed by atoms with Crippen molar-refractivity contribution in [2.45, 2.75) is 13.3 Å². The van der Waals surface area contributed by atoms with Crippen molar-refractivity contribution in [2.75, 3.05) is 5.32 Å². The Balaban J connectivity index is 2.76. The second kappa shape index (κ2) is 4.93. The number of primary amides is 1. The van der Waals surface area contributed by atoms with E-state index in [-0.39, 0.29) is 6.42 Å². The normalized spacial score (nSPS) is 9.73. The number of halogens is 1. The molecule has 1 aromatic carbocycles. The van der Waals surface area contributed by atoms with E-state index < -0.39 is 11.8 Å². The van der Waals surface area contributed by atoms with E-state index in [1.165, 1.54) is 0 Å². The monoisotopic (exact) mass is 270 g/mol. The Labute approximate surface area is 96.0 Å². The maximum atomic E-state index is 11.3. The molecule has 0 spiro atoms. The molecule has 0 saturated heterocycles. The average Bonchev–Trinajstić information content (AvgIpc) is 2.10. The quantitative estimate of drug-likeness (QED) is 0.819. The second-order valence-corrected chi connectivity index (χ2v) is 4.07. The van der Waals surface area contributed by atoms with Gasteiger partial charge in [0.05, 0.1) is 0 Å². The molecule has 80 valence electrons. The molecule has 0 aliphatic rings. The van der Waals surface area contributed by atoms with Crippen molar-refractivity contribution >= 4 is 33.4 Å². The fraction of sp³-hybridized carbons (Fsp3) is 0.200. The molecule has 2 amide bonds. The van der Waals surface area contributed by atoms with Gasteiger partial charge in [0, 0.05) is 10.2 Å². The van der Waals surface area contributed by atoms with Crippen molar-refractivity contribution in [1.29, 1.82) is 0 Å². The van der Waals surface area contributed by atoms with E-state index in [9.17, 15) is 9.59 Å². The van der Waals surface area contributed by atoms with Crippen molar-refractivity contribution in [2.24, 2.45) is 5.73 Å². The molecule has 3 N–H and O–H groups in total. The number of amides is 2. The van der Waals surface area contributed by atoms with Crippen LogP contribution in [0.4, 0.5) is 5.69 Å². The van der Waals surface area contributed by atoms with Crippen molar-refractivity contribution in [3.8, 4) is 0 Å². The van der Waals surface area contributed by atoms with Gasteiger partial charge in [-0.15, -0.1) is 0 Å². The van der Waals surface area contributed by atoms with Crippen molar-refractivity contribution in [3.05, 3.63) is 28.2 Å². The molecule has 0 bridgehead atoms. The molecule has 0 unspecified atom stereocenters. The van der Waals surface area contributed by atoms with Gasteiger partial charge < -0.3 is 11.1 Å². The highest BCUT2D eigenvalue weighted by Gasteiger charge is 2.07. The highest BCUT2D eigenvalue weighted by molar-refractivity contribution is 9.10. The van der Waals surface area contributed by atoms with Crippen LogP contribution in [0.3, 0.4) is 0 Å². The predicted octanol–water partition coefficient (Wildman–Crippen LogP) is 1.57. The van der Waals surface area contributed by atoms with Gasteiger partial charge in [-0.2, -0.15) is 0 Å². The number of hydrogen-bond acceptors (Lipinski definition) is 2. The van der Waals surface area contributed by atoms with E-state index in [2.05, 4.69) is 21.2 Å². The molecule has 0 heterocycles. The molecule has 5 heteroatoms. The average molecular weight is 271 g/mol. The Morgan fingerprint density at radius 2 is 2.13 bits per heavy atom. The van der Waals surface area contributed by atoms with Gasteiger partial charge in [0.1, 0.15) is 6.42 Å². The Kier molecular flexibility index (Phi) is 3.85. The van der Waals surface area contributed by atoms with Crippen LogP contribution in [-0.2, 0) is 9.59 Å². The summed E-state index contributed by atoms with van der Waals surface area (Å²) < 4.78 is 0.863. The van der Waals surface area contributed by atoms with Gasteiger partial charge >= 0.3 is 0 Å². The number of hydrogen-bond donors (Lipinski definition) is 2. The zero-order valence-electron chi connectivity index (χ0n) is 8.21. The summed E-state index contributed by atoms with van der Waals surface area (Å²) in [5.41, 5.74) is 6.51. The molecule has 0 aromatic heterocycles. The minimum Gasteiger partial charge on any atom is -0.369 e. The van der Waals surface area contributed by atoms with Crippen LogP contribution in [0.15, 0.2) is 22.7 Å². The van der Waals surface area contributed by atoms with Gasteiger partial charge in [-0.25, -0.2) is 0 Å². The summed E-state index contributed by atoms with van der Waals surface area (Å²) in [6, 6.07) is 5.51. The third-order valence-electron chi connectivity index (χ3n) is 1.81. The van der Waals surface area contributed by atoms with Crippen LogP contribution in [0.5, 0.6) is 0 Å². The maximum absolute atomic E-state index is 11.3. The van der Waals surface area contributed by atoms with Crippen LogP contribution in [0.1, 0.15) is 12.0 Å². The van der Waals surface area contributed by atoms with E-state index in [0.717, 1.165) is 10.0 Å². The zero-order valence-corrected chi connectivity index (χ0v) is 9.80. The van der Waals surface area contributed by atoms with Crippen LogP contribution in [0.2, 0.25) is 0 Å². The highest BCUT2D eigenvalue weighted by Crippen LogP contribution is 2.20. The largest absolute Gasteiger partial charge is 0.369 e. The maximum Gasteiger partial charge on any atom is 0.233 e. The first kappa shape index (κ1) is 11.7. The van der Waals surface area contributed by atoms with E-state index in [1.807, 2.05) is 19.1 Å². The summed E-state index contributed by atoms with van der Waals surface area (Å²) in [6.07, 6.45) is -0.300. The van der Waals surface area contributed by atoms with Gasteiger partial charge in [-0.3, -0.25) is 9.59 Å². The van der Waals surface area contributed by atoms with Crippen LogP contribution in [-0.4, -0.2) is 11.8 Å². The lowest BCUT2D eigenvalue weighted by Gasteiger charge is -2.07. The van der Waals surface area contributed by atoms with Gasteiger partial charge in [0.2, 0.25) is 11.8 Å². The molecule has 0 aliphatic heterocycles. The standard InChI is InChI=1S/C10H11BrN2O2/c1-6-2-3-7(11)4-8(6)13-10(15)5-9(12)14/h2-4H,5H2,1H3,(H2,12,14)(H,13,15). The number of aryl methyl sites for hydroxylation is 1. The van der Waals surface area contributed by atoms with Crippen LogP contribution in [0.25, 0.3) is 0 Å². The molecule has 4 nitrogen and oxygen atoms in total. The van der Waals surface area contributed by atoms with Crippen molar-refractivity contribution < 1.29 is 9.59 Å². The van der Waals surface area contributed by atoms with Gasteiger partial charge in [-0.1, -0.05) is 22.0 Å². The summed E-state index contributed by atoms with van der Waals surface area (Å²) in [5, 5.41) is 2.61. The number of nitrogens with one attached hydrogen (secondary N) is 1. The van der Waals surface area contributed by atoms with Crippen LogP contribution >= 0.6 is 15.9 Å². The number of nitrogens with two attached hydrogens (primary N) is 1. The number of carbonyl (C=O) groups excluding carboxylic acids is 2. The van der Waals surface area contributed by atoms with Gasteiger partial charge in [-0.05, 0) is 24.6 Å². The fourth-order valence-corrected chi connectivity index (χ4v) is 1.44. The molecule has 0 aliphatic carbocycles. The van der Waals surface area contributed by atoms with E-state index >= 15 is 0 Å². The first-order valence-corrected chi connectivity index (χ1v) is 5.12. The lowest BCUT2D eigenvalue weighted by Crippen LogP contribution is -2.21. The Bertz CT molecular complexity index is 404. The first-order valence-electron chi connectivity index (χ1n) is 4.33. The molecule has 0 atom stereocenters. The topological polar surface area (TPSA) is 72.2 Å². The molecule has 0 radical (unpaired) electrons. The number of rotatable bonds is 3. The Hall–Kier alpha value is -1.36. The van der Waals surface area contributed by atoms with Crippen LogP contribution in [0, 0.1) is 6.92 Å². The minimum absolute atomic E-state index is 0.300. The highest BCUT2D eigenvalue weighted by atomic mass is 79.9. The summed E-state index contributed by atoms with van der Waals surface area (Å²) >= 11 is 3.29. The van der Waals surface area contributed by atoms with Crippen LogP contribution < -0.4 is 11.1 Å². The second-order valence-electron chi connectivity index (χ2n) is 3.15. The Morgan fingerprint density at radius 3 is 2.73 bits per heavy atom. The SMILES string of the molecule is Cc1ccc(Br)cc1NC(=O)CC(N)=O. The molecule has 0 saturated carbocycles. The molecular formula is C10H11BrN2O2. The van der Waals surface area contributed by atoms with Gasteiger partial charge in [0.15, 0.2) is 0 Å². The minimum atomic E-state index is -0.639. The number of benzene rings is 1. The lowest BCUT2D eigenvalue weighted by molar-refractivity contribution is -0.124. The third-order valence-corrected chi connectivity index (χ3v) is 2.30. The first-order chi connectivity index (χ1) is 6.99. The summed E-state index contributed by atoms with van der Waals surface area (Å²) in [5.74, 6) is -1.04. The van der Waals surface area contributed by atoms with E-state index in [1.54, 1.807) is 6.07 Å². The van der Waals surface area contributed by atoms with Crippen molar-refractivity contribution in [1.82, 2.24) is 0 Å². The lowest BCUT2D eigenvalue weighted by atomic mass is 10.2. The smallest absolute Gasteiger partial charge is 0.233 e. The fourth-order valence-electron chi connectivity index (χ4n) is 1.08. The summed E-state index contributed by atoms with van der Waals surface area (Å²) in [4.78, 5) is 21.8. The number of carbonyl (C=O) groups is 2. The zero-order chi connectivity index (χ0) is 11.4. The molecular weight excluding hydrogens is 260 g/mol. The summed E-state index contributed by atoms with van der Waals surface area (Å²) in [6.45, 7) is 1.87. The molecule has 1 rings (SSSR count). The van der Waals surface area contributed by atoms with Gasteiger partial charge in [0.25, 0.3) is 0 Å². The molecule has 1 aromatic rings. The third kappa shape index (κ3) is 3.71.